The second-order valence-corrected chi connectivity index (χ2v) is 5.49. The fourth-order valence-corrected chi connectivity index (χ4v) is 2.62. The van der Waals surface area contributed by atoms with E-state index >= 15 is 0 Å². The van der Waals surface area contributed by atoms with Crippen molar-refractivity contribution in [3.63, 3.8) is 0 Å². The smallest absolute Gasteiger partial charge is 0.126 e. The summed E-state index contributed by atoms with van der Waals surface area (Å²) < 4.78 is 6.54. The number of methoxy groups -OCH3 is 1. The molecule has 100 valence electrons. The summed E-state index contributed by atoms with van der Waals surface area (Å²) in [5, 5.41) is 3.46. The van der Waals surface area contributed by atoms with E-state index in [1.807, 2.05) is 12.1 Å². The van der Waals surface area contributed by atoms with E-state index in [4.69, 9.17) is 4.74 Å². The molecule has 0 spiro atoms. The Bertz CT molecular complexity index is 581. The topological polar surface area (TPSA) is 21.3 Å². The Morgan fingerprint density at radius 1 is 1.16 bits per heavy atom. The van der Waals surface area contributed by atoms with Crippen LogP contribution in [0.2, 0.25) is 0 Å². The largest absolute Gasteiger partial charge is 0.496 e. The van der Waals surface area contributed by atoms with Gasteiger partial charge >= 0.3 is 0 Å². The van der Waals surface area contributed by atoms with E-state index in [1.54, 1.807) is 7.11 Å². The van der Waals surface area contributed by atoms with Crippen molar-refractivity contribution in [3.8, 4) is 5.75 Å². The maximum Gasteiger partial charge on any atom is 0.126 e. The first-order valence-corrected chi connectivity index (χ1v) is 7.03. The van der Waals surface area contributed by atoms with Crippen LogP contribution < -0.4 is 10.1 Å². The molecular weight excluding hydrogens is 302 g/mol. The van der Waals surface area contributed by atoms with Crippen molar-refractivity contribution < 1.29 is 4.74 Å². The van der Waals surface area contributed by atoms with Gasteiger partial charge in [-0.3, -0.25) is 0 Å². The molecule has 0 aliphatic rings. The van der Waals surface area contributed by atoms with Crippen molar-refractivity contribution in [2.24, 2.45) is 0 Å². The van der Waals surface area contributed by atoms with Gasteiger partial charge in [0.25, 0.3) is 0 Å². The molecular formula is C16H18BrNO. The lowest BCUT2D eigenvalue weighted by atomic mass is 10.1. The highest BCUT2D eigenvalue weighted by Gasteiger charge is 2.07. The first kappa shape index (κ1) is 13.9. The second kappa shape index (κ2) is 6.11. The fourth-order valence-electron chi connectivity index (χ4n) is 2.18. The molecule has 2 aromatic carbocycles. The van der Waals surface area contributed by atoms with E-state index in [-0.39, 0.29) is 0 Å². The molecule has 0 saturated heterocycles. The average molecular weight is 320 g/mol. The normalized spacial score (nSPS) is 10.3. The summed E-state index contributed by atoms with van der Waals surface area (Å²) in [4.78, 5) is 0. The summed E-state index contributed by atoms with van der Waals surface area (Å²) in [7, 11) is 1.72. The molecule has 1 N–H and O–H groups in total. The molecule has 3 heteroatoms. The van der Waals surface area contributed by atoms with E-state index in [0.29, 0.717) is 0 Å². The van der Waals surface area contributed by atoms with Gasteiger partial charge in [-0.25, -0.2) is 0 Å². The van der Waals surface area contributed by atoms with Gasteiger partial charge in [-0.2, -0.15) is 0 Å². The van der Waals surface area contributed by atoms with Gasteiger partial charge in [-0.15, -0.1) is 0 Å². The van der Waals surface area contributed by atoms with Gasteiger partial charge < -0.3 is 10.1 Å². The molecule has 19 heavy (non-hydrogen) atoms. The number of benzene rings is 2. The number of hydrogen-bond acceptors (Lipinski definition) is 2. The molecule has 2 nitrogen and oxygen atoms in total. The van der Waals surface area contributed by atoms with Crippen molar-refractivity contribution in [1.29, 1.82) is 0 Å². The Morgan fingerprint density at radius 3 is 2.63 bits per heavy atom. The Kier molecular flexibility index (Phi) is 4.48. The van der Waals surface area contributed by atoms with Gasteiger partial charge in [0.15, 0.2) is 0 Å². The van der Waals surface area contributed by atoms with Gasteiger partial charge in [0.2, 0.25) is 0 Å². The lowest BCUT2D eigenvalue weighted by Crippen LogP contribution is -2.02. The number of ether oxygens (including phenoxy) is 1. The Hall–Kier alpha value is -1.48. The summed E-state index contributed by atoms with van der Waals surface area (Å²) in [6, 6.07) is 12.5. The number of hydrogen-bond donors (Lipinski definition) is 1. The molecule has 0 aromatic heterocycles. The SMILES string of the molecule is COc1c(C)ccc(NCc2cccc(Br)c2)c1C. The molecule has 0 fully saturated rings. The van der Waals surface area contributed by atoms with Crippen LogP contribution in [0.5, 0.6) is 5.75 Å². The van der Waals surface area contributed by atoms with Crippen molar-refractivity contribution in [1.82, 2.24) is 0 Å². The molecule has 0 saturated carbocycles. The number of anilines is 1. The third kappa shape index (κ3) is 3.29. The van der Waals surface area contributed by atoms with E-state index < -0.39 is 0 Å². The quantitative estimate of drug-likeness (QED) is 0.883. The first-order chi connectivity index (χ1) is 9.11. The highest BCUT2D eigenvalue weighted by molar-refractivity contribution is 9.10. The van der Waals surface area contributed by atoms with Crippen molar-refractivity contribution in [2.75, 3.05) is 12.4 Å². The van der Waals surface area contributed by atoms with Crippen molar-refractivity contribution in [3.05, 3.63) is 57.6 Å². The summed E-state index contributed by atoms with van der Waals surface area (Å²) in [5.74, 6) is 0.958. The van der Waals surface area contributed by atoms with Crippen LogP contribution >= 0.6 is 15.9 Å². The molecule has 2 aromatic rings. The zero-order valence-electron chi connectivity index (χ0n) is 11.5. The van der Waals surface area contributed by atoms with E-state index in [0.717, 1.165) is 33.6 Å². The molecule has 0 amide bonds. The van der Waals surface area contributed by atoms with Gasteiger partial charge in [0.1, 0.15) is 5.75 Å². The predicted octanol–water partition coefficient (Wildman–Crippen LogP) is 4.69. The highest BCUT2D eigenvalue weighted by atomic mass is 79.9. The Labute approximate surface area is 122 Å². The van der Waals surface area contributed by atoms with Gasteiger partial charge in [-0.1, -0.05) is 34.1 Å². The van der Waals surface area contributed by atoms with Gasteiger partial charge in [0, 0.05) is 22.3 Å². The van der Waals surface area contributed by atoms with Crippen LogP contribution in [0.25, 0.3) is 0 Å². The average Bonchev–Trinajstić information content (AvgIpc) is 2.38. The van der Waals surface area contributed by atoms with E-state index in [9.17, 15) is 0 Å². The van der Waals surface area contributed by atoms with Crippen LogP contribution in [0.1, 0.15) is 16.7 Å². The molecule has 0 aliphatic heterocycles. The molecule has 2 rings (SSSR count). The van der Waals surface area contributed by atoms with Crippen molar-refractivity contribution in [2.45, 2.75) is 20.4 Å². The second-order valence-electron chi connectivity index (χ2n) is 4.57. The molecule has 0 heterocycles. The summed E-state index contributed by atoms with van der Waals surface area (Å²) in [6.07, 6.45) is 0. The number of rotatable bonds is 4. The highest BCUT2D eigenvalue weighted by Crippen LogP contribution is 2.29. The minimum atomic E-state index is 0.798. The summed E-state index contributed by atoms with van der Waals surface area (Å²) >= 11 is 3.49. The predicted molar refractivity (Wildman–Crippen MR) is 83.9 cm³/mol. The lowest BCUT2D eigenvalue weighted by Gasteiger charge is -2.15. The molecule has 0 atom stereocenters. The molecule has 0 radical (unpaired) electrons. The van der Waals surface area contributed by atoms with Crippen LogP contribution in [0.15, 0.2) is 40.9 Å². The maximum atomic E-state index is 5.44. The van der Waals surface area contributed by atoms with Crippen molar-refractivity contribution >= 4 is 21.6 Å². The number of nitrogens with one attached hydrogen (secondary N) is 1. The summed E-state index contributed by atoms with van der Waals surface area (Å²) in [5.41, 5.74) is 4.67. The standard InChI is InChI=1S/C16H18BrNO/c1-11-7-8-15(12(2)16(11)19-3)18-10-13-5-4-6-14(17)9-13/h4-9,18H,10H2,1-3H3. The van der Waals surface area contributed by atoms with Gasteiger partial charge in [-0.05, 0) is 43.2 Å². The monoisotopic (exact) mass is 319 g/mol. The van der Waals surface area contributed by atoms with Crippen LogP contribution in [0.3, 0.4) is 0 Å². The third-order valence-corrected chi connectivity index (χ3v) is 3.67. The minimum absolute atomic E-state index is 0.798. The Morgan fingerprint density at radius 2 is 1.95 bits per heavy atom. The van der Waals surface area contributed by atoms with Crippen LogP contribution in [0.4, 0.5) is 5.69 Å². The van der Waals surface area contributed by atoms with Crippen LogP contribution in [-0.2, 0) is 6.54 Å². The lowest BCUT2D eigenvalue weighted by molar-refractivity contribution is 0.409. The molecule has 0 unspecified atom stereocenters. The number of halogens is 1. The van der Waals surface area contributed by atoms with Gasteiger partial charge in [0.05, 0.1) is 7.11 Å². The zero-order chi connectivity index (χ0) is 13.8. The fraction of sp³-hybridized carbons (Fsp3) is 0.250. The minimum Gasteiger partial charge on any atom is -0.496 e. The maximum absolute atomic E-state index is 5.44. The number of aryl methyl sites for hydroxylation is 1. The first-order valence-electron chi connectivity index (χ1n) is 6.24. The third-order valence-electron chi connectivity index (χ3n) is 3.18. The zero-order valence-corrected chi connectivity index (χ0v) is 13.0. The summed E-state index contributed by atoms with van der Waals surface area (Å²) in [6.45, 7) is 4.94. The molecule has 0 aliphatic carbocycles. The van der Waals surface area contributed by atoms with Crippen LogP contribution in [0, 0.1) is 13.8 Å². The van der Waals surface area contributed by atoms with E-state index in [2.05, 4.69) is 59.4 Å². The van der Waals surface area contributed by atoms with Crippen LogP contribution in [-0.4, -0.2) is 7.11 Å². The Balaban J connectivity index is 2.16. The molecule has 0 bridgehead atoms. The van der Waals surface area contributed by atoms with E-state index in [1.165, 1.54) is 5.56 Å².